The van der Waals surface area contributed by atoms with E-state index in [-0.39, 0.29) is 82.6 Å². The van der Waals surface area contributed by atoms with Gasteiger partial charge in [-0.05, 0) is 108 Å². The van der Waals surface area contributed by atoms with Crippen molar-refractivity contribution in [1.82, 2.24) is 55.6 Å². The molecule has 5 fully saturated rings. The average molecular weight is 1290 g/mol. The minimum atomic E-state index is -4.73. The van der Waals surface area contributed by atoms with Crippen molar-refractivity contribution in [2.24, 2.45) is 29.6 Å². The Bertz CT molecular complexity index is 2550. The van der Waals surface area contributed by atoms with E-state index < -0.39 is 175 Å². The summed E-state index contributed by atoms with van der Waals surface area (Å²) in [5, 5.41) is 11.6. The zero-order chi connectivity index (χ0) is 67.8. The third-order valence-electron chi connectivity index (χ3n) is 20.0. The Morgan fingerprint density at radius 2 is 1.21 bits per heavy atom. The number of carbonyl (C=O) groups excluding carboxylic acids is 11. The van der Waals surface area contributed by atoms with E-state index in [4.69, 9.17) is 0 Å². The van der Waals surface area contributed by atoms with Crippen molar-refractivity contribution in [3.8, 4) is 0 Å². The SMILES string of the molecule is CCCC[C@H]1C(=O)N[C@H](C)CC(=O)N(C)[C@@H](CC(C)C)C(=O)N[C@@H]([C@@H](C)CC)C(=O)N(C)CC(=O)N(C)CC(=O)N(C)[C@@H](CC2CCCCC2)C(=O)N(C)CC(=O)N[C@@H](CCC2CCC(C(F)(F)F)C(F)C2)C(=O)N2CCC[C@H]2C(=O)NC2(CCCC2)C(=O)N1C. The smallest absolute Gasteiger partial charge is 0.351 e. The van der Waals surface area contributed by atoms with Crippen molar-refractivity contribution in [3.05, 3.63) is 0 Å². The van der Waals surface area contributed by atoms with Crippen molar-refractivity contribution in [3.63, 3.8) is 0 Å². The maximum atomic E-state index is 15.2. The molecule has 3 aliphatic carbocycles. The molecule has 4 N–H and O–H groups in total. The van der Waals surface area contributed by atoms with E-state index in [0.29, 0.717) is 38.5 Å². The van der Waals surface area contributed by atoms with Gasteiger partial charge in [-0.25, -0.2) is 4.39 Å². The summed E-state index contributed by atoms with van der Waals surface area (Å²) in [6.45, 7) is 9.39. The lowest BCUT2D eigenvalue weighted by atomic mass is 9.78. The Morgan fingerprint density at radius 1 is 0.593 bits per heavy atom. The van der Waals surface area contributed by atoms with Crippen LogP contribution in [0.3, 0.4) is 0 Å². The third-order valence-corrected chi connectivity index (χ3v) is 20.0. The second kappa shape index (κ2) is 34.2. The summed E-state index contributed by atoms with van der Waals surface area (Å²) in [7, 11) is 8.57. The van der Waals surface area contributed by atoms with Crippen LogP contribution in [0.2, 0.25) is 0 Å². The number of nitrogens with zero attached hydrogens (tertiary/aromatic N) is 7. The molecule has 0 aromatic rings. The van der Waals surface area contributed by atoms with Crippen LogP contribution in [0.25, 0.3) is 0 Å². The van der Waals surface area contributed by atoms with Crippen LogP contribution in [0, 0.1) is 29.6 Å². The summed E-state index contributed by atoms with van der Waals surface area (Å²) in [5.74, 6) is -9.98. The maximum absolute atomic E-state index is 15.2. The molecule has 26 heteroatoms. The van der Waals surface area contributed by atoms with E-state index >= 15 is 14.0 Å². The summed E-state index contributed by atoms with van der Waals surface area (Å²) in [4.78, 5) is 168. The molecule has 0 bridgehead atoms. The van der Waals surface area contributed by atoms with Crippen molar-refractivity contribution in [1.29, 1.82) is 0 Å². The van der Waals surface area contributed by atoms with Crippen LogP contribution in [0.1, 0.15) is 189 Å². The topological polar surface area (TPSA) is 259 Å². The fourth-order valence-corrected chi connectivity index (χ4v) is 14.0. The summed E-state index contributed by atoms with van der Waals surface area (Å²) in [6.07, 6.45) is 0.631. The Labute approximate surface area is 536 Å². The highest BCUT2D eigenvalue weighted by molar-refractivity contribution is 5.99. The Kier molecular flexibility index (Phi) is 28.4. The molecule has 11 atom stereocenters. The van der Waals surface area contributed by atoms with Crippen LogP contribution in [-0.4, -0.2) is 228 Å². The number of hydrogen-bond donors (Lipinski definition) is 4. The standard InChI is InChI=1S/C65H107F4N11O11/c1-13-15-24-48-57(85)70-42(6)34-53(82)77(10)50(33-40(3)4)58(86)72-56(41(5)14-2)62(90)76(9)38-54(83)74(7)39-55(84)78(11)51(36-43-22-17-16-18-23-43)61(89)75(8)37-52(81)71-47(29-27-44-26-28-45(46(66)35-44)65(67,68)69)60(88)80-32-21-25-49(80)59(87)73-64(30-19-20-31-64)63(91)79(48)12/h40-51,56H,13-39H2,1-12H3,(H,70,85)(H,71,81)(H,72,86)(H,73,87)/t41-,42+,44?,45?,46?,47-,48-,49-,50-,51-,56-/m0/s1. The molecule has 2 saturated heterocycles. The molecule has 516 valence electrons. The summed E-state index contributed by atoms with van der Waals surface area (Å²) < 4.78 is 56.4. The molecule has 5 rings (SSSR count). The molecule has 3 unspecified atom stereocenters. The zero-order valence-electron chi connectivity index (χ0n) is 56.2. The molecule has 3 saturated carbocycles. The van der Waals surface area contributed by atoms with Gasteiger partial charge < -0.3 is 55.6 Å². The van der Waals surface area contributed by atoms with Gasteiger partial charge >= 0.3 is 6.18 Å². The number of fused-ring (bicyclic) bond motifs is 1. The average Bonchev–Trinajstić information content (AvgIpc) is 1.77. The molecule has 5 aliphatic rings. The molecule has 1 spiro atoms. The van der Waals surface area contributed by atoms with Gasteiger partial charge in [-0.1, -0.05) is 98.8 Å². The molecule has 2 heterocycles. The van der Waals surface area contributed by atoms with Crippen molar-refractivity contribution in [2.45, 2.75) is 249 Å². The molecule has 0 aromatic carbocycles. The lowest BCUT2D eigenvalue weighted by Crippen LogP contribution is -2.64. The van der Waals surface area contributed by atoms with E-state index in [1.54, 1.807) is 13.8 Å². The number of likely N-dealkylation sites (N-methyl/N-ethyl adjacent to an activating group) is 6. The molecule has 22 nitrogen and oxygen atoms in total. The minimum absolute atomic E-state index is 0.0151. The van der Waals surface area contributed by atoms with Crippen LogP contribution in [0.4, 0.5) is 17.6 Å². The van der Waals surface area contributed by atoms with Gasteiger partial charge in [0.2, 0.25) is 65.0 Å². The summed E-state index contributed by atoms with van der Waals surface area (Å²) in [5.41, 5.74) is -1.49. The van der Waals surface area contributed by atoms with Gasteiger partial charge in [-0.15, -0.1) is 0 Å². The quantitative estimate of drug-likeness (QED) is 0.178. The van der Waals surface area contributed by atoms with Crippen LogP contribution in [-0.2, 0) is 52.7 Å². The number of nitrogens with one attached hydrogen (secondary N) is 4. The minimum Gasteiger partial charge on any atom is -0.351 e. The first-order valence-corrected chi connectivity index (χ1v) is 33.5. The molecule has 2 aliphatic heterocycles. The first kappa shape index (κ1) is 75.6. The van der Waals surface area contributed by atoms with Crippen molar-refractivity contribution < 1.29 is 70.3 Å². The molecule has 0 aromatic heterocycles. The first-order valence-electron chi connectivity index (χ1n) is 33.5. The normalized spacial score (nSPS) is 29.6. The van der Waals surface area contributed by atoms with Gasteiger partial charge in [0.05, 0.1) is 25.6 Å². The first-order chi connectivity index (χ1) is 42.7. The second-order valence-corrected chi connectivity index (χ2v) is 27.6. The van der Waals surface area contributed by atoms with E-state index in [0.717, 1.165) is 46.8 Å². The highest BCUT2D eigenvalue weighted by Gasteiger charge is 2.51. The largest absolute Gasteiger partial charge is 0.394 e. The highest BCUT2D eigenvalue weighted by atomic mass is 19.4. The Balaban J connectivity index is 1.53. The lowest BCUT2D eigenvalue weighted by Gasteiger charge is -2.38. The van der Waals surface area contributed by atoms with Crippen molar-refractivity contribution in [2.75, 3.05) is 68.5 Å². The lowest BCUT2D eigenvalue weighted by molar-refractivity contribution is -0.201. The van der Waals surface area contributed by atoms with Crippen LogP contribution >= 0.6 is 0 Å². The van der Waals surface area contributed by atoms with Gasteiger partial charge in [-0.2, -0.15) is 13.2 Å². The van der Waals surface area contributed by atoms with E-state index in [1.807, 2.05) is 27.7 Å². The van der Waals surface area contributed by atoms with E-state index in [1.165, 1.54) is 61.9 Å². The number of carbonyl (C=O) groups is 11. The molecule has 0 radical (unpaired) electrons. The molecule has 91 heavy (non-hydrogen) atoms. The van der Waals surface area contributed by atoms with Gasteiger partial charge in [0.25, 0.3) is 0 Å². The summed E-state index contributed by atoms with van der Waals surface area (Å²) in [6, 6.07) is -7.68. The number of hydrogen-bond acceptors (Lipinski definition) is 11. The third kappa shape index (κ3) is 20.4. The van der Waals surface area contributed by atoms with Crippen LogP contribution < -0.4 is 21.3 Å². The maximum Gasteiger partial charge on any atom is 0.394 e. The molecule has 11 amide bonds. The van der Waals surface area contributed by atoms with Gasteiger partial charge in [-0.3, -0.25) is 52.7 Å². The fourth-order valence-electron chi connectivity index (χ4n) is 14.0. The van der Waals surface area contributed by atoms with E-state index in [9.17, 15) is 56.3 Å². The van der Waals surface area contributed by atoms with Crippen LogP contribution in [0.5, 0.6) is 0 Å². The predicted octanol–water partition coefficient (Wildman–Crippen LogP) is 5.49. The monoisotopic (exact) mass is 1290 g/mol. The van der Waals surface area contributed by atoms with Crippen molar-refractivity contribution >= 4 is 65.0 Å². The number of alkyl halides is 4. The van der Waals surface area contributed by atoms with Gasteiger partial charge in [0, 0.05) is 61.3 Å². The number of amides is 11. The van der Waals surface area contributed by atoms with Gasteiger partial charge in [0.15, 0.2) is 0 Å². The van der Waals surface area contributed by atoms with Crippen LogP contribution in [0.15, 0.2) is 0 Å². The fraction of sp³-hybridized carbons (Fsp3) is 0.831. The second-order valence-electron chi connectivity index (χ2n) is 27.6. The van der Waals surface area contributed by atoms with E-state index in [2.05, 4.69) is 21.3 Å². The predicted molar refractivity (Wildman–Crippen MR) is 333 cm³/mol. The Hall–Kier alpha value is -6.11. The Morgan fingerprint density at radius 3 is 1.81 bits per heavy atom. The zero-order valence-corrected chi connectivity index (χ0v) is 56.2. The number of rotatable bonds is 12. The molecular formula is C65H107F4N11O11. The van der Waals surface area contributed by atoms with Gasteiger partial charge in [0.1, 0.15) is 48.0 Å². The summed E-state index contributed by atoms with van der Waals surface area (Å²) >= 11 is 0. The highest BCUT2D eigenvalue weighted by Crippen LogP contribution is 2.43. The molecular weight excluding hydrogens is 1190 g/mol. The number of halogens is 4. The number of unbranched alkanes of at least 4 members (excludes halogenated alkanes) is 1.